The van der Waals surface area contributed by atoms with Gasteiger partial charge in [-0.15, -0.1) is 0 Å². The SMILES string of the molecule is CC(=O)NC1CCC(c2ccc(C(=O)O[C@@H]3CC(COC(C)=O)[C@@H](OC(C)=O)C(OC(C)=O)C3OC(C)=O)cc2)c2ccccc21. The molecule has 0 aliphatic heterocycles. The van der Waals surface area contributed by atoms with Crippen LogP contribution in [0.2, 0.25) is 0 Å². The van der Waals surface area contributed by atoms with Gasteiger partial charge in [0.2, 0.25) is 5.91 Å². The van der Waals surface area contributed by atoms with Crippen molar-refractivity contribution in [1.29, 1.82) is 0 Å². The van der Waals surface area contributed by atoms with Crippen molar-refractivity contribution < 1.29 is 52.5 Å². The molecule has 0 heterocycles. The van der Waals surface area contributed by atoms with Crippen molar-refractivity contribution in [2.45, 2.75) is 90.3 Å². The van der Waals surface area contributed by atoms with Gasteiger partial charge in [0.15, 0.2) is 12.2 Å². The van der Waals surface area contributed by atoms with Crippen LogP contribution in [-0.4, -0.2) is 66.8 Å². The van der Waals surface area contributed by atoms with E-state index < -0.39 is 60.2 Å². The van der Waals surface area contributed by atoms with Gasteiger partial charge in [-0.3, -0.25) is 24.0 Å². The van der Waals surface area contributed by atoms with Crippen LogP contribution in [0.5, 0.6) is 0 Å². The summed E-state index contributed by atoms with van der Waals surface area (Å²) in [5.74, 6) is -4.27. The molecule has 12 heteroatoms. The fourth-order valence-corrected chi connectivity index (χ4v) is 6.34. The second-order valence-electron chi connectivity index (χ2n) is 11.6. The molecule has 0 spiro atoms. The van der Waals surface area contributed by atoms with Crippen molar-refractivity contribution in [2.24, 2.45) is 5.92 Å². The van der Waals surface area contributed by atoms with Gasteiger partial charge in [-0.05, 0) is 48.1 Å². The molecule has 4 rings (SSSR count). The number of nitrogens with one attached hydrogen (secondary N) is 1. The molecule has 0 saturated heterocycles. The normalized spacial score (nSPS) is 25.2. The minimum atomic E-state index is -1.34. The number of fused-ring (bicyclic) bond motifs is 1. The van der Waals surface area contributed by atoms with E-state index in [4.69, 9.17) is 23.7 Å². The Balaban J connectivity index is 1.58. The molecule has 1 fully saturated rings. The van der Waals surface area contributed by atoms with Gasteiger partial charge in [0, 0.05) is 46.5 Å². The van der Waals surface area contributed by atoms with E-state index in [0.29, 0.717) is 0 Å². The maximum Gasteiger partial charge on any atom is 0.338 e. The summed E-state index contributed by atoms with van der Waals surface area (Å²) < 4.78 is 27.5. The summed E-state index contributed by atoms with van der Waals surface area (Å²) in [6, 6.07) is 14.9. The van der Waals surface area contributed by atoms with Crippen molar-refractivity contribution >= 4 is 35.8 Å². The number of hydrogen-bond donors (Lipinski definition) is 1. The summed E-state index contributed by atoms with van der Waals surface area (Å²) in [4.78, 5) is 73.0. The summed E-state index contributed by atoms with van der Waals surface area (Å²) in [5.41, 5.74) is 3.38. The van der Waals surface area contributed by atoms with E-state index in [2.05, 4.69) is 5.32 Å². The van der Waals surface area contributed by atoms with E-state index in [1.807, 2.05) is 36.4 Å². The number of amides is 1. The number of rotatable bonds is 9. The minimum absolute atomic E-state index is 0.0287. The first kappa shape index (κ1) is 34.1. The van der Waals surface area contributed by atoms with Crippen LogP contribution in [0.25, 0.3) is 0 Å². The van der Waals surface area contributed by atoms with Gasteiger partial charge >= 0.3 is 29.8 Å². The average Bonchev–Trinajstić information content (AvgIpc) is 2.98. The quantitative estimate of drug-likeness (QED) is 0.315. The van der Waals surface area contributed by atoms with Gasteiger partial charge < -0.3 is 29.0 Å². The zero-order valence-electron chi connectivity index (χ0n) is 26.5. The first-order valence-corrected chi connectivity index (χ1v) is 15.2. The van der Waals surface area contributed by atoms with Gasteiger partial charge in [-0.2, -0.15) is 0 Å². The molecule has 0 aromatic heterocycles. The van der Waals surface area contributed by atoms with Gasteiger partial charge in [-0.1, -0.05) is 36.4 Å². The second kappa shape index (κ2) is 15.0. The fourth-order valence-electron chi connectivity index (χ4n) is 6.34. The number of carbonyl (C=O) groups excluding carboxylic acids is 6. The molecule has 46 heavy (non-hydrogen) atoms. The predicted octanol–water partition coefficient (Wildman–Crippen LogP) is 3.69. The number of benzene rings is 2. The highest BCUT2D eigenvalue weighted by Gasteiger charge is 2.52. The third-order valence-corrected chi connectivity index (χ3v) is 8.10. The Kier molecular flexibility index (Phi) is 11.2. The molecular formula is C34H39NO11. The predicted molar refractivity (Wildman–Crippen MR) is 161 cm³/mol. The van der Waals surface area contributed by atoms with Gasteiger partial charge in [0.25, 0.3) is 0 Å². The lowest BCUT2D eigenvalue weighted by molar-refractivity contribution is -0.216. The van der Waals surface area contributed by atoms with Crippen LogP contribution in [0.15, 0.2) is 48.5 Å². The monoisotopic (exact) mass is 637 g/mol. The number of hydrogen-bond acceptors (Lipinski definition) is 11. The zero-order valence-corrected chi connectivity index (χ0v) is 26.5. The molecule has 0 bridgehead atoms. The van der Waals surface area contributed by atoms with Crippen LogP contribution in [0.3, 0.4) is 0 Å². The van der Waals surface area contributed by atoms with E-state index in [0.717, 1.165) is 50.3 Å². The topological polar surface area (TPSA) is 161 Å². The summed E-state index contributed by atoms with van der Waals surface area (Å²) in [5, 5.41) is 3.02. The smallest absolute Gasteiger partial charge is 0.338 e. The van der Waals surface area contributed by atoms with Crippen LogP contribution in [0, 0.1) is 5.92 Å². The van der Waals surface area contributed by atoms with Crippen molar-refractivity contribution in [3.05, 3.63) is 70.8 Å². The lowest BCUT2D eigenvalue weighted by Gasteiger charge is -2.43. The third-order valence-electron chi connectivity index (χ3n) is 8.10. The minimum Gasteiger partial charge on any atom is -0.465 e. The van der Waals surface area contributed by atoms with Crippen LogP contribution in [0.4, 0.5) is 0 Å². The highest BCUT2D eigenvalue weighted by atomic mass is 16.6. The van der Waals surface area contributed by atoms with E-state index in [1.165, 1.54) is 13.8 Å². The Labute approximate surface area is 267 Å². The van der Waals surface area contributed by atoms with Crippen LogP contribution >= 0.6 is 0 Å². The largest absolute Gasteiger partial charge is 0.465 e. The van der Waals surface area contributed by atoms with Gasteiger partial charge in [-0.25, -0.2) is 4.79 Å². The zero-order chi connectivity index (χ0) is 33.5. The van der Waals surface area contributed by atoms with E-state index in [9.17, 15) is 28.8 Å². The lowest BCUT2D eigenvalue weighted by Crippen LogP contribution is -2.59. The average molecular weight is 638 g/mol. The van der Waals surface area contributed by atoms with Crippen molar-refractivity contribution in [1.82, 2.24) is 5.32 Å². The number of carbonyl (C=O) groups is 6. The van der Waals surface area contributed by atoms with E-state index in [1.54, 1.807) is 12.1 Å². The standard InChI is InChI=1S/C34H39NO11/c1-18(36)35-29-15-14-26(27-8-6-7-9-28(27)29)23-10-12-24(13-11-23)34(41)46-30-16-25(17-42-19(2)37)31(43-20(3)38)33(45-22(5)40)32(30)44-21(4)39/h6-13,25-26,29-33H,14-17H2,1-5H3,(H,35,36)/t25?,26?,29?,30-,31-,32?,33?/m1/s1. The summed E-state index contributed by atoms with van der Waals surface area (Å²) in [6.45, 7) is 5.94. The van der Waals surface area contributed by atoms with Crippen LogP contribution in [0.1, 0.15) is 92.9 Å². The molecule has 1 N–H and O–H groups in total. The summed E-state index contributed by atoms with van der Waals surface area (Å²) in [6.07, 6.45) is -3.41. The van der Waals surface area contributed by atoms with Crippen LogP contribution in [-0.2, 0) is 47.7 Å². The maximum absolute atomic E-state index is 13.5. The molecule has 1 amide bonds. The Morgan fingerprint density at radius 2 is 1.26 bits per heavy atom. The maximum atomic E-state index is 13.5. The van der Waals surface area contributed by atoms with Crippen molar-refractivity contribution in [3.63, 3.8) is 0 Å². The van der Waals surface area contributed by atoms with Crippen molar-refractivity contribution in [3.8, 4) is 0 Å². The molecular weight excluding hydrogens is 598 g/mol. The molecule has 2 aromatic carbocycles. The molecule has 12 nitrogen and oxygen atoms in total. The molecule has 246 valence electrons. The summed E-state index contributed by atoms with van der Waals surface area (Å²) in [7, 11) is 0. The molecule has 2 aliphatic rings. The lowest BCUT2D eigenvalue weighted by atomic mass is 9.76. The Bertz CT molecular complexity index is 1470. The van der Waals surface area contributed by atoms with Crippen LogP contribution < -0.4 is 5.32 Å². The molecule has 2 aromatic rings. The number of esters is 5. The second-order valence-corrected chi connectivity index (χ2v) is 11.6. The van der Waals surface area contributed by atoms with Crippen molar-refractivity contribution in [2.75, 3.05) is 6.61 Å². The van der Waals surface area contributed by atoms with Gasteiger partial charge in [0.05, 0.1) is 18.2 Å². The molecule has 0 radical (unpaired) electrons. The van der Waals surface area contributed by atoms with E-state index in [-0.39, 0.29) is 36.5 Å². The Morgan fingerprint density at radius 1 is 0.674 bits per heavy atom. The third kappa shape index (κ3) is 8.49. The first-order valence-electron chi connectivity index (χ1n) is 15.2. The highest BCUT2D eigenvalue weighted by Crippen LogP contribution is 2.41. The molecule has 7 atom stereocenters. The summed E-state index contributed by atoms with van der Waals surface area (Å²) >= 11 is 0. The van der Waals surface area contributed by atoms with E-state index >= 15 is 0 Å². The fraction of sp³-hybridized carbons (Fsp3) is 0.471. The molecule has 1 saturated carbocycles. The highest BCUT2D eigenvalue weighted by molar-refractivity contribution is 5.89. The Hall–Kier alpha value is -4.74. The van der Waals surface area contributed by atoms with Gasteiger partial charge in [0.1, 0.15) is 12.2 Å². The molecule has 2 aliphatic carbocycles. The molecule has 5 unspecified atom stereocenters. The first-order chi connectivity index (χ1) is 21.8. The number of ether oxygens (including phenoxy) is 5. The Morgan fingerprint density at radius 3 is 1.85 bits per heavy atom.